The molecule has 45 heavy (non-hydrogen) atoms. The molecule has 1 aliphatic heterocycles. The summed E-state index contributed by atoms with van der Waals surface area (Å²) in [6.07, 6.45) is 5.14. The van der Waals surface area contributed by atoms with Crippen molar-refractivity contribution in [3.63, 3.8) is 0 Å². The quantitative estimate of drug-likeness (QED) is 0.200. The number of phosphoric acid groups is 2. The molecule has 252 valence electrons. The fourth-order valence-corrected chi connectivity index (χ4v) is 11.1. The van der Waals surface area contributed by atoms with Gasteiger partial charge in [0.25, 0.3) is 0 Å². The predicted octanol–water partition coefficient (Wildman–Crippen LogP) is 3.50. The lowest BCUT2D eigenvalue weighted by atomic mass is 9.46. The minimum absolute atomic E-state index is 0.0126. The number of nitrogens with two attached hydrogens (primary N) is 1. The Morgan fingerprint density at radius 3 is 2.60 bits per heavy atom. The van der Waals surface area contributed by atoms with Crippen LogP contribution in [0.4, 0.5) is 0 Å². The zero-order valence-corrected chi connectivity index (χ0v) is 27.7. The number of phosphoric ester groups is 2. The van der Waals surface area contributed by atoms with E-state index in [2.05, 4.69) is 8.83 Å². The van der Waals surface area contributed by atoms with Gasteiger partial charge < -0.3 is 29.7 Å². The molecular weight excluding hydrogens is 632 g/mol. The van der Waals surface area contributed by atoms with E-state index in [1.807, 2.05) is 20.8 Å². The molecule has 11 unspecified atom stereocenters. The average Bonchev–Trinajstić information content (AvgIpc) is 3.42. The summed E-state index contributed by atoms with van der Waals surface area (Å²) in [6, 6.07) is 0. The summed E-state index contributed by atoms with van der Waals surface area (Å²) in [4.78, 5) is 59.2. The van der Waals surface area contributed by atoms with Crippen LogP contribution in [0, 0.1) is 28.6 Å². The number of esters is 1. The van der Waals surface area contributed by atoms with E-state index in [0.29, 0.717) is 25.7 Å². The number of ketones is 2. The van der Waals surface area contributed by atoms with Crippen LogP contribution in [-0.2, 0) is 51.1 Å². The van der Waals surface area contributed by atoms with Crippen molar-refractivity contribution in [2.75, 3.05) is 19.8 Å². The van der Waals surface area contributed by atoms with Crippen LogP contribution in [0.2, 0.25) is 0 Å². The van der Waals surface area contributed by atoms with Gasteiger partial charge in [-0.15, -0.1) is 0 Å². The molecule has 0 radical (unpaired) electrons. The Labute approximate surface area is 262 Å². The molecule has 1 heterocycles. The molecule has 0 spiro atoms. The van der Waals surface area contributed by atoms with Gasteiger partial charge in [-0.3, -0.25) is 23.4 Å². The molecule has 4 fully saturated rings. The Morgan fingerprint density at radius 2 is 1.93 bits per heavy atom. The van der Waals surface area contributed by atoms with E-state index in [4.69, 9.17) is 24.5 Å². The minimum Gasteiger partial charge on any atom is -0.458 e. The van der Waals surface area contributed by atoms with Crippen molar-refractivity contribution >= 4 is 33.2 Å². The number of Topliss-reactive ketones (excluding diaryl/α,β-unsaturated/α-hetero) is 1. The number of fused-ring (bicyclic) bond motifs is 7. The molecule has 11 atom stereocenters. The Balaban J connectivity index is 1.58. The SMILES string of the molecule is CCCC1OC2CC3C4CCC5=CC(=O)C=CC5(C)C4C(OP(=O)(O)OP(=O)(O)OCCN)CC3(C)C2(C(=O)COC(C)=O)O1. The summed E-state index contributed by atoms with van der Waals surface area (Å²) in [7, 11) is -10.3. The molecule has 0 aromatic carbocycles. The van der Waals surface area contributed by atoms with E-state index in [1.165, 1.54) is 13.0 Å². The number of ether oxygens (including phenoxy) is 3. The lowest BCUT2D eigenvalue weighted by Gasteiger charge is -2.60. The Kier molecular flexibility index (Phi) is 9.63. The van der Waals surface area contributed by atoms with Gasteiger partial charge in [-0.1, -0.05) is 38.8 Å². The molecule has 4 aliphatic carbocycles. The number of hydrogen-bond acceptors (Lipinski definition) is 12. The van der Waals surface area contributed by atoms with Crippen molar-refractivity contribution in [2.24, 2.45) is 34.3 Å². The van der Waals surface area contributed by atoms with Crippen LogP contribution < -0.4 is 5.73 Å². The van der Waals surface area contributed by atoms with Gasteiger partial charge >= 0.3 is 21.6 Å². The first-order chi connectivity index (χ1) is 21.0. The van der Waals surface area contributed by atoms with Gasteiger partial charge in [0, 0.05) is 30.2 Å². The van der Waals surface area contributed by atoms with Crippen LogP contribution in [0.15, 0.2) is 23.8 Å². The van der Waals surface area contributed by atoms with E-state index < -0.39 is 81.5 Å². The van der Waals surface area contributed by atoms with Crippen LogP contribution in [0.5, 0.6) is 0 Å². The van der Waals surface area contributed by atoms with Gasteiger partial charge in [-0.2, -0.15) is 4.31 Å². The molecule has 16 heteroatoms. The molecule has 14 nitrogen and oxygen atoms in total. The first kappa shape index (κ1) is 34.8. The molecule has 1 saturated heterocycles. The van der Waals surface area contributed by atoms with Crippen molar-refractivity contribution in [3.8, 4) is 0 Å². The number of carbonyl (C=O) groups excluding carboxylic acids is 3. The molecule has 0 bridgehead atoms. The van der Waals surface area contributed by atoms with Gasteiger partial charge in [0.1, 0.15) is 0 Å². The highest BCUT2D eigenvalue weighted by atomic mass is 31.3. The van der Waals surface area contributed by atoms with Crippen LogP contribution >= 0.6 is 15.6 Å². The van der Waals surface area contributed by atoms with Crippen molar-refractivity contribution in [3.05, 3.63) is 23.8 Å². The summed E-state index contributed by atoms with van der Waals surface area (Å²) >= 11 is 0. The number of allylic oxidation sites excluding steroid dienone is 4. The van der Waals surface area contributed by atoms with Crippen LogP contribution in [-0.4, -0.2) is 71.2 Å². The second kappa shape index (κ2) is 12.5. The Bertz CT molecular complexity index is 1380. The maximum absolute atomic E-state index is 14.1. The van der Waals surface area contributed by atoms with E-state index in [-0.39, 0.29) is 30.6 Å². The van der Waals surface area contributed by atoms with Crippen molar-refractivity contribution in [2.45, 2.75) is 90.3 Å². The third-order valence-corrected chi connectivity index (χ3v) is 13.2. The summed E-state index contributed by atoms with van der Waals surface area (Å²) in [6.45, 7) is 5.88. The monoisotopic (exact) mass is 675 g/mol. The van der Waals surface area contributed by atoms with Gasteiger partial charge in [0.05, 0.1) is 18.8 Å². The lowest BCUT2D eigenvalue weighted by Crippen LogP contribution is -2.64. The standard InChI is InChI=1S/C29H43NO13P2/c1-5-6-25-40-24-14-21-20-8-7-18-13-19(32)9-10-27(18,3)26(20)22(42-45(36,37)43-44(34,35)39-12-11-30)15-28(21,4)29(24,41-25)23(33)16-38-17(2)31/h9-10,13,20-22,24-26H,5-8,11-12,14-16,30H2,1-4H3,(H,34,35)(H,36,37). The summed E-state index contributed by atoms with van der Waals surface area (Å²) < 4.78 is 59.1. The first-order valence-electron chi connectivity index (χ1n) is 15.4. The third kappa shape index (κ3) is 6.12. The van der Waals surface area contributed by atoms with Crippen molar-refractivity contribution in [1.29, 1.82) is 0 Å². The largest absolute Gasteiger partial charge is 0.481 e. The Hall–Kier alpha value is -1.57. The number of hydrogen-bond donors (Lipinski definition) is 3. The average molecular weight is 676 g/mol. The van der Waals surface area contributed by atoms with E-state index in [9.17, 15) is 33.3 Å². The van der Waals surface area contributed by atoms with Gasteiger partial charge in [-0.05, 0) is 56.1 Å². The topological polar surface area (TPSA) is 207 Å². The second-order valence-corrected chi connectivity index (χ2v) is 16.1. The number of carbonyl (C=O) groups is 3. The van der Waals surface area contributed by atoms with E-state index in [1.54, 1.807) is 12.2 Å². The summed E-state index contributed by atoms with van der Waals surface area (Å²) in [5.41, 5.74) is 2.79. The van der Waals surface area contributed by atoms with Crippen LogP contribution in [0.25, 0.3) is 0 Å². The molecular formula is C29H43NO13P2. The first-order valence-corrected chi connectivity index (χ1v) is 18.3. The molecule has 0 amide bonds. The summed E-state index contributed by atoms with van der Waals surface area (Å²) in [5.74, 6) is -2.19. The van der Waals surface area contributed by atoms with Gasteiger partial charge in [0.15, 0.2) is 24.3 Å². The molecule has 0 aromatic rings. The molecule has 0 aromatic heterocycles. The zero-order chi connectivity index (χ0) is 33.0. The fraction of sp³-hybridized carbons (Fsp3) is 0.759. The maximum atomic E-state index is 14.1. The fourth-order valence-electron chi connectivity index (χ4n) is 8.86. The normalized spacial score (nSPS) is 41.1. The Morgan fingerprint density at radius 1 is 1.20 bits per heavy atom. The highest BCUT2D eigenvalue weighted by molar-refractivity contribution is 7.61. The summed E-state index contributed by atoms with van der Waals surface area (Å²) in [5, 5.41) is 0. The van der Waals surface area contributed by atoms with Gasteiger partial charge in [-0.25, -0.2) is 9.13 Å². The highest BCUT2D eigenvalue weighted by Gasteiger charge is 2.76. The highest BCUT2D eigenvalue weighted by Crippen LogP contribution is 2.72. The van der Waals surface area contributed by atoms with Crippen molar-refractivity contribution < 1.29 is 60.9 Å². The third-order valence-electron chi connectivity index (χ3n) is 10.5. The van der Waals surface area contributed by atoms with Crippen molar-refractivity contribution in [1.82, 2.24) is 0 Å². The molecule has 5 aliphatic rings. The predicted molar refractivity (Wildman–Crippen MR) is 157 cm³/mol. The minimum atomic E-state index is -5.28. The number of rotatable bonds is 12. The molecule has 3 saturated carbocycles. The molecule has 4 N–H and O–H groups in total. The maximum Gasteiger partial charge on any atom is 0.481 e. The lowest BCUT2D eigenvalue weighted by molar-refractivity contribution is -0.200. The van der Waals surface area contributed by atoms with Crippen LogP contribution in [0.1, 0.15) is 66.2 Å². The van der Waals surface area contributed by atoms with Crippen LogP contribution in [0.3, 0.4) is 0 Å². The smallest absolute Gasteiger partial charge is 0.458 e. The van der Waals surface area contributed by atoms with E-state index >= 15 is 0 Å². The molecule has 5 rings (SSSR count). The zero-order valence-electron chi connectivity index (χ0n) is 25.9. The second-order valence-electron chi connectivity index (χ2n) is 13.1. The van der Waals surface area contributed by atoms with Gasteiger partial charge in [0.2, 0.25) is 5.78 Å². The van der Waals surface area contributed by atoms with E-state index in [0.717, 1.165) is 12.0 Å².